The minimum absolute atomic E-state index is 0.0492. The summed E-state index contributed by atoms with van der Waals surface area (Å²) in [5, 5.41) is 18.6. The molecule has 1 aliphatic rings. The normalized spacial score (nSPS) is 14.2. The van der Waals surface area contributed by atoms with E-state index in [9.17, 15) is 20.2 Å². The van der Waals surface area contributed by atoms with Crippen molar-refractivity contribution < 1.29 is 14.7 Å². The van der Waals surface area contributed by atoms with Gasteiger partial charge in [-0.2, -0.15) is 5.26 Å². The van der Waals surface area contributed by atoms with E-state index >= 15 is 0 Å². The van der Waals surface area contributed by atoms with Crippen LogP contribution in [0, 0.1) is 21.4 Å². The van der Waals surface area contributed by atoms with Crippen molar-refractivity contribution in [1.82, 2.24) is 4.57 Å². The molecule has 0 bridgehead atoms. The molecule has 0 N–H and O–H groups in total. The first-order valence-electron chi connectivity index (χ1n) is 9.25. The van der Waals surface area contributed by atoms with Gasteiger partial charge in [0, 0.05) is 17.8 Å². The van der Waals surface area contributed by atoms with Crippen LogP contribution in [0.4, 0.5) is 0 Å². The zero-order chi connectivity index (χ0) is 21.0. The Morgan fingerprint density at radius 1 is 1.28 bits per heavy atom. The molecule has 8 heteroatoms. The Bertz CT molecular complexity index is 1060. The SMILES string of the molecule is CC1(C)C=C(n2cc(CCCCO[N+](=O)[O-])ccc2=O)c2cc(C#N)ccc2O1. The van der Waals surface area contributed by atoms with Gasteiger partial charge in [-0.25, -0.2) is 0 Å². The number of hydrogen-bond donors (Lipinski definition) is 0. The number of unbranched alkanes of at least 4 members (excludes halogenated alkanes) is 1. The summed E-state index contributed by atoms with van der Waals surface area (Å²) in [6.45, 7) is 3.85. The molecule has 29 heavy (non-hydrogen) atoms. The van der Waals surface area contributed by atoms with Crippen LogP contribution in [0.2, 0.25) is 0 Å². The van der Waals surface area contributed by atoms with Gasteiger partial charge in [-0.15, -0.1) is 10.1 Å². The molecule has 0 saturated carbocycles. The van der Waals surface area contributed by atoms with Crippen LogP contribution in [0.5, 0.6) is 5.75 Å². The highest BCUT2D eigenvalue weighted by Gasteiger charge is 2.28. The van der Waals surface area contributed by atoms with Crippen LogP contribution in [0.15, 0.2) is 47.4 Å². The van der Waals surface area contributed by atoms with Crippen LogP contribution in [0.25, 0.3) is 5.70 Å². The van der Waals surface area contributed by atoms with Crippen molar-refractivity contribution in [3.63, 3.8) is 0 Å². The molecule has 0 atom stereocenters. The highest BCUT2D eigenvalue weighted by atomic mass is 16.9. The van der Waals surface area contributed by atoms with E-state index in [-0.39, 0.29) is 12.2 Å². The predicted octanol–water partition coefficient (Wildman–Crippen LogP) is 3.31. The molecule has 3 rings (SSSR count). The Hall–Kier alpha value is -3.60. The van der Waals surface area contributed by atoms with Gasteiger partial charge < -0.3 is 9.57 Å². The van der Waals surface area contributed by atoms with E-state index in [1.54, 1.807) is 35.0 Å². The fourth-order valence-electron chi connectivity index (χ4n) is 3.25. The largest absolute Gasteiger partial charge is 0.483 e. The fraction of sp³-hybridized carbons (Fsp3) is 0.333. The van der Waals surface area contributed by atoms with E-state index in [1.807, 2.05) is 19.9 Å². The first-order valence-corrected chi connectivity index (χ1v) is 9.25. The molecule has 0 unspecified atom stereocenters. The van der Waals surface area contributed by atoms with Crippen molar-refractivity contribution in [1.29, 1.82) is 5.26 Å². The van der Waals surface area contributed by atoms with Crippen molar-refractivity contribution in [2.24, 2.45) is 0 Å². The fourth-order valence-corrected chi connectivity index (χ4v) is 3.25. The summed E-state index contributed by atoms with van der Waals surface area (Å²) in [6.07, 6.45) is 5.52. The Morgan fingerprint density at radius 2 is 2.07 bits per heavy atom. The lowest BCUT2D eigenvalue weighted by atomic mass is 9.97. The molecule has 8 nitrogen and oxygen atoms in total. The van der Waals surface area contributed by atoms with Crippen LogP contribution < -0.4 is 10.3 Å². The quantitative estimate of drug-likeness (QED) is 0.404. The molecule has 1 aliphatic heterocycles. The number of ether oxygens (including phenoxy) is 1. The molecule has 1 aromatic heterocycles. The molecule has 0 amide bonds. The highest BCUT2D eigenvalue weighted by Crippen LogP contribution is 2.36. The minimum atomic E-state index is -0.799. The third-order valence-electron chi connectivity index (χ3n) is 4.53. The van der Waals surface area contributed by atoms with Crippen LogP contribution in [0.3, 0.4) is 0 Å². The maximum atomic E-state index is 12.6. The molecular formula is C21H21N3O5. The minimum Gasteiger partial charge on any atom is -0.483 e. The Balaban J connectivity index is 1.91. The molecule has 2 aromatic rings. The van der Waals surface area contributed by atoms with E-state index < -0.39 is 10.7 Å². The summed E-state index contributed by atoms with van der Waals surface area (Å²) >= 11 is 0. The summed E-state index contributed by atoms with van der Waals surface area (Å²) in [4.78, 5) is 27.1. The Morgan fingerprint density at radius 3 is 2.79 bits per heavy atom. The number of nitrogens with zero attached hydrogens (tertiary/aromatic N) is 3. The maximum absolute atomic E-state index is 12.6. The first-order chi connectivity index (χ1) is 13.8. The van der Waals surface area contributed by atoms with Gasteiger partial charge in [0.05, 0.1) is 23.9 Å². The summed E-state index contributed by atoms with van der Waals surface area (Å²) < 4.78 is 7.54. The number of fused-ring (bicyclic) bond motifs is 1. The van der Waals surface area contributed by atoms with Gasteiger partial charge >= 0.3 is 0 Å². The zero-order valence-electron chi connectivity index (χ0n) is 16.3. The van der Waals surface area contributed by atoms with Crippen LogP contribution >= 0.6 is 0 Å². The standard InChI is InChI=1S/C21H21N3O5/c1-21(2)12-18(17-11-16(13-22)6-8-19(17)29-21)23-14-15(7-9-20(23)25)5-3-4-10-28-24(26)27/h6-9,11-12,14H,3-5,10H2,1-2H3. The van der Waals surface area contributed by atoms with Crippen molar-refractivity contribution in [3.8, 4) is 11.8 Å². The Labute approximate surface area is 167 Å². The highest BCUT2D eigenvalue weighted by molar-refractivity contribution is 5.74. The topological polar surface area (TPSA) is 107 Å². The summed E-state index contributed by atoms with van der Waals surface area (Å²) in [5.74, 6) is 0.612. The van der Waals surface area contributed by atoms with Gasteiger partial charge in [-0.3, -0.25) is 9.36 Å². The molecule has 0 spiro atoms. The van der Waals surface area contributed by atoms with Crippen LogP contribution in [0.1, 0.15) is 43.4 Å². The van der Waals surface area contributed by atoms with Crippen molar-refractivity contribution >= 4 is 5.70 Å². The monoisotopic (exact) mass is 395 g/mol. The van der Waals surface area contributed by atoms with Gasteiger partial charge in [-0.05, 0) is 62.9 Å². The van der Waals surface area contributed by atoms with E-state index in [0.29, 0.717) is 41.8 Å². The average molecular weight is 395 g/mol. The van der Waals surface area contributed by atoms with E-state index in [0.717, 1.165) is 5.56 Å². The van der Waals surface area contributed by atoms with Crippen LogP contribution in [-0.2, 0) is 11.3 Å². The number of benzene rings is 1. The molecule has 150 valence electrons. The second kappa shape index (κ2) is 8.19. The maximum Gasteiger partial charge on any atom is 0.294 e. The molecule has 1 aromatic carbocycles. The molecule has 0 radical (unpaired) electrons. The van der Waals surface area contributed by atoms with Gasteiger partial charge in [0.1, 0.15) is 11.4 Å². The molecule has 0 saturated heterocycles. The van der Waals surface area contributed by atoms with Crippen molar-refractivity contribution in [3.05, 3.63) is 79.8 Å². The predicted molar refractivity (Wildman–Crippen MR) is 106 cm³/mol. The summed E-state index contributed by atoms with van der Waals surface area (Å²) in [6, 6.07) is 10.5. The van der Waals surface area contributed by atoms with Gasteiger partial charge in [0.15, 0.2) is 0 Å². The number of aromatic nitrogens is 1. The Kier molecular flexibility index (Phi) is 5.69. The number of nitriles is 1. The lowest BCUT2D eigenvalue weighted by molar-refractivity contribution is -0.757. The van der Waals surface area contributed by atoms with Gasteiger partial charge in [0.25, 0.3) is 10.6 Å². The second-order valence-electron chi connectivity index (χ2n) is 7.32. The molecular weight excluding hydrogens is 374 g/mol. The number of hydrogen-bond acceptors (Lipinski definition) is 6. The third-order valence-corrected chi connectivity index (χ3v) is 4.53. The van der Waals surface area contributed by atoms with Crippen molar-refractivity contribution in [2.75, 3.05) is 6.61 Å². The number of rotatable bonds is 7. The van der Waals surface area contributed by atoms with E-state index in [4.69, 9.17) is 4.74 Å². The van der Waals surface area contributed by atoms with Gasteiger partial charge in [0.2, 0.25) is 0 Å². The van der Waals surface area contributed by atoms with Gasteiger partial charge in [-0.1, -0.05) is 6.07 Å². The lowest BCUT2D eigenvalue weighted by Crippen LogP contribution is -2.32. The molecule has 2 heterocycles. The number of aryl methyl sites for hydroxylation is 1. The molecule has 0 fully saturated rings. The summed E-state index contributed by atoms with van der Waals surface area (Å²) in [7, 11) is 0. The molecule has 0 aliphatic carbocycles. The smallest absolute Gasteiger partial charge is 0.294 e. The third kappa shape index (κ3) is 4.82. The number of pyridine rings is 1. The van der Waals surface area contributed by atoms with Crippen LogP contribution in [-0.4, -0.2) is 21.9 Å². The summed E-state index contributed by atoms with van der Waals surface area (Å²) in [5.41, 5.74) is 1.94. The van der Waals surface area contributed by atoms with E-state index in [1.165, 1.54) is 6.07 Å². The lowest BCUT2D eigenvalue weighted by Gasteiger charge is -2.31. The average Bonchev–Trinajstić information content (AvgIpc) is 2.67. The first kappa shape index (κ1) is 20.1. The van der Waals surface area contributed by atoms with Crippen molar-refractivity contribution in [2.45, 2.75) is 38.7 Å². The zero-order valence-corrected chi connectivity index (χ0v) is 16.3. The van der Waals surface area contributed by atoms with E-state index in [2.05, 4.69) is 10.9 Å². The second-order valence-corrected chi connectivity index (χ2v) is 7.32.